The average molecular weight is 310 g/mol. The van der Waals surface area contributed by atoms with Crippen molar-refractivity contribution in [1.82, 2.24) is 5.32 Å². The van der Waals surface area contributed by atoms with E-state index in [1.165, 1.54) is 0 Å². The van der Waals surface area contributed by atoms with Gasteiger partial charge in [0.15, 0.2) is 0 Å². The molecule has 1 unspecified atom stereocenters. The summed E-state index contributed by atoms with van der Waals surface area (Å²) in [5, 5.41) is 14.5. The van der Waals surface area contributed by atoms with Crippen molar-refractivity contribution in [2.24, 2.45) is 0 Å². The van der Waals surface area contributed by atoms with Gasteiger partial charge in [-0.3, -0.25) is 10.1 Å². The normalized spacial score (nSPS) is 13.1. The van der Waals surface area contributed by atoms with Crippen molar-refractivity contribution >= 4 is 17.4 Å². The Morgan fingerprint density at radius 3 is 2.48 bits per heavy atom. The predicted octanol–water partition coefficient (Wildman–Crippen LogP) is 4.56. The zero-order valence-electron chi connectivity index (χ0n) is 13.4. The maximum Gasteiger partial charge on any atom is 0.269 e. The van der Waals surface area contributed by atoms with Crippen molar-refractivity contribution in [3.05, 3.63) is 39.9 Å². The van der Waals surface area contributed by atoms with E-state index in [0.717, 1.165) is 31.4 Å². The first-order chi connectivity index (χ1) is 10.0. The number of nitro groups is 1. The number of hydrogen-bond acceptors (Lipinski definition) is 4. The summed E-state index contributed by atoms with van der Waals surface area (Å²) in [7, 11) is 0. The molecular formula is C16H26N2O2S. The van der Waals surface area contributed by atoms with Crippen molar-refractivity contribution in [2.45, 2.75) is 50.8 Å². The standard InChI is InChI=1S/C16H26N2O2S/c1-5-15(17-12-16(6-2,7-3)21-4)13-9-8-10-14(11-13)18(19)20/h8-11,15,17H,5-7,12H2,1-4H3. The van der Waals surface area contributed by atoms with Gasteiger partial charge in [-0.25, -0.2) is 0 Å². The molecular weight excluding hydrogens is 284 g/mol. The molecule has 1 aromatic rings. The summed E-state index contributed by atoms with van der Waals surface area (Å²) in [6.45, 7) is 7.46. The molecule has 0 saturated carbocycles. The van der Waals surface area contributed by atoms with Crippen molar-refractivity contribution < 1.29 is 4.92 Å². The van der Waals surface area contributed by atoms with Gasteiger partial charge in [0.25, 0.3) is 5.69 Å². The zero-order valence-corrected chi connectivity index (χ0v) is 14.2. The molecule has 118 valence electrons. The Bertz CT molecular complexity index is 453. The van der Waals surface area contributed by atoms with Gasteiger partial charge in [0, 0.05) is 29.5 Å². The highest BCUT2D eigenvalue weighted by atomic mass is 32.2. The molecule has 0 aromatic heterocycles. The second-order valence-electron chi connectivity index (χ2n) is 5.29. The number of non-ortho nitro benzene ring substituents is 1. The van der Waals surface area contributed by atoms with E-state index < -0.39 is 0 Å². The molecule has 1 aromatic carbocycles. The molecule has 0 aliphatic carbocycles. The van der Waals surface area contributed by atoms with Crippen molar-refractivity contribution in [3.63, 3.8) is 0 Å². The Hall–Kier alpha value is -1.07. The molecule has 0 spiro atoms. The number of rotatable bonds is 9. The van der Waals surface area contributed by atoms with E-state index in [1.54, 1.807) is 18.2 Å². The van der Waals surface area contributed by atoms with E-state index >= 15 is 0 Å². The largest absolute Gasteiger partial charge is 0.309 e. The topological polar surface area (TPSA) is 55.2 Å². The van der Waals surface area contributed by atoms with E-state index in [4.69, 9.17) is 0 Å². The summed E-state index contributed by atoms with van der Waals surface area (Å²) in [6, 6.07) is 7.11. The summed E-state index contributed by atoms with van der Waals surface area (Å²) >= 11 is 1.90. The zero-order chi connectivity index (χ0) is 15.9. The molecule has 0 radical (unpaired) electrons. The number of nitro benzene ring substituents is 1. The lowest BCUT2D eigenvalue weighted by atomic mass is 9.99. The molecule has 0 aliphatic rings. The maximum absolute atomic E-state index is 10.9. The Labute approximate surface area is 131 Å². The van der Waals surface area contributed by atoms with E-state index in [2.05, 4.69) is 32.3 Å². The summed E-state index contributed by atoms with van der Waals surface area (Å²) in [5.41, 5.74) is 1.16. The lowest BCUT2D eigenvalue weighted by Gasteiger charge is -2.32. The Morgan fingerprint density at radius 1 is 1.33 bits per heavy atom. The maximum atomic E-state index is 10.9. The van der Waals surface area contributed by atoms with Gasteiger partial charge in [0.1, 0.15) is 0 Å². The fourth-order valence-corrected chi connectivity index (χ4v) is 3.33. The molecule has 0 amide bonds. The third-order valence-electron chi connectivity index (χ3n) is 4.28. The second-order valence-corrected chi connectivity index (χ2v) is 6.56. The van der Waals surface area contributed by atoms with Gasteiger partial charge in [-0.2, -0.15) is 11.8 Å². The minimum absolute atomic E-state index is 0.162. The highest BCUT2D eigenvalue weighted by molar-refractivity contribution is 8.00. The number of thioether (sulfide) groups is 1. The third-order valence-corrected chi connectivity index (χ3v) is 5.87. The van der Waals surface area contributed by atoms with E-state index in [-0.39, 0.29) is 21.4 Å². The van der Waals surface area contributed by atoms with Crippen LogP contribution in [0.5, 0.6) is 0 Å². The Balaban J connectivity index is 2.84. The van der Waals surface area contributed by atoms with Crippen LogP contribution in [-0.2, 0) is 0 Å². The van der Waals surface area contributed by atoms with Crippen LogP contribution in [0, 0.1) is 10.1 Å². The van der Waals surface area contributed by atoms with Crippen LogP contribution < -0.4 is 5.32 Å². The van der Waals surface area contributed by atoms with E-state index in [9.17, 15) is 10.1 Å². The highest BCUT2D eigenvalue weighted by Crippen LogP contribution is 2.31. The Kier molecular flexibility index (Phi) is 7.18. The van der Waals surface area contributed by atoms with Crippen molar-refractivity contribution in [2.75, 3.05) is 12.8 Å². The van der Waals surface area contributed by atoms with Crippen LogP contribution in [0.4, 0.5) is 5.69 Å². The lowest BCUT2D eigenvalue weighted by Crippen LogP contribution is -2.38. The van der Waals surface area contributed by atoms with Crippen LogP contribution in [0.25, 0.3) is 0 Å². The van der Waals surface area contributed by atoms with Crippen LogP contribution >= 0.6 is 11.8 Å². The number of nitrogens with zero attached hydrogens (tertiary/aromatic N) is 1. The lowest BCUT2D eigenvalue weighted by molar-refractivity contribution is -0.384. The number of nitrogens with one attached hydrogen (secondary N) is 1. The first-order valence-corrected chi connectivity index (χ1v) is 8.77. The molecule has 21 heavy (non-hydrogen) atoms. The van der Waals surface area contributed by atoms with Gasteiger partial charge in [0.05, 0.1) is 4.92 Å². The fraction of sp³-hybridized carbons (Fsp3) is 0.625. The minimum atomic E-state index is -0.333. The van der Waals surface area contributed by atoms with E-state index in [0.29, 0.717) is 0 Å². The van der Waals surface area contributed by atoms with Gasteiger partial charge in [0.2, 0.25) is 0 Å². The van der Waals surface area contributed by atoms with Crippen LogP contribution in [0.3, 0.4) is 0 Å². The van der Waals surface area contributed by atoms with Crippen molar-refractivity contribution in [3.8, 4) is 0 Å². The molecule has 0 saturated heterocycles. The molecule has 1 atom stereocenters. The van der Waals surface area contributed by atoms with Gasteiger partial charge >= 0.3 is 0 Å². The van der Waals surface area contributed by atoms with Gasteiger partial charge in [-0.15, -0.1) is 0 Å². The minimum Gasteiger partial charge on any atom is -0.309 e. The van der Waals surface area contributed by atoms with Gasteiger partial charge in [-0.1, -0.05) is 32.9 Å². The molecule has 0 bridgehead atoms. The van der Waals surface area contributed by atoms with Gasteiger partial charge < -0.3 is 5.32 Å². The van der Waals surface area contributed by atoms with Crippen LogP contribution in [0.15, 0.2) is 24.3 Å². The molecule has 0 heterocycles. The predicted molar refractivity (Wildman–Crippen MR) is 91.0 cm³/mol. The van der Waals surface area contributed by atoms with E-state index in [1.807, 2.05) is 17.8 Å². The molecule has 5 heteroatoms. The third kappa shape index (κ3) is 4.71. The SMILES string of the molecule is CCC(NCC(CC)(CC)SC)c1cccc([N+](=O)[O-])c1. The smallest absolute Gasteiger partial charge is 0.269 e. The Morgan fingerprint density at radius 2 is 2.00 bits per heavy atom. The average Bonchev–Trinajstić information content (AvgIpc) is 2.52. The summed E-state index contributed by atoms with van der Waals surface area (Å²) in [6.07, 6.45) is 5.30. The summed E-state index contributed by atoms with van der Waals surface area (Å²) in [5.74, 6) is 0. The fourth-order valence-electron chi connectivity index (χ4n) is 2.52. The summed E-state index contributed by atoms with van der Waals surface area (Å²) < 4.78 is 0.244. The van der Waals surface area contributed by atoms with Crippen molar-refractivity contribution in [1.29, 1.82) is 0 Å². The molecule has 0 aliphatic heterocycles. The summed E-state index contributed by atoms with van der Waals surface area (Å²) in [4.78, 5) is 10.6. The first kappa shape index (κ1) is 18.0. The second kappa shape index (κ2) is 8.39. The van der Waals surface area contributed by atoms with Gasteiger partial charge in [-0.05, 0) is 31.1 Å². The first-order valence-electron chi connectivity index (χ1n) is 7.54. The quantitative estimate of drug-likeness (QED) is 0.536. The van der Waals surface area contributed by atoms with Crippen LogP contribution in [-0.4, -0.2) is 22.5 Å². The molecule has 4 nitrogen and oxygen atoms in total. The number of hydrogen-bond donors (Lipinski definition) is 1. The number of benzene rings is 1. The monoisotopic (exact) mass is 310 g/mol. The van der Waals surface area contributed by atoms with Crippen LogP contribution in [0.2, 0.25) is 0 Å². The molecule has 0 fully saturated rings. The molecule has 1 rings (SSSR count). The molecule has 1 N–H and O–H groups in total. The highest BCUT2D eigenvalue weighted by Gasteiger charge is 2.26. The van der Waals surface area contributed by atoms with Crippen LogP contribution in [0.1, 0.15) is 51.6 Å².